The van der Waals surface area contributed by atoms with E-state index >= 15 is 0 Å². The van der Waals surface area contributed by atoms with Gasteiger partial charge in [0.25, 0.3) is 0 Å². The third-order valence-electron chi connectivity index (χ3n) is 2.72. The van der Waals surface area contributed by atoms with Crippen molar-refractivity contribution in [3.63, 3.8) is 0 Å². The summed E-state index contributed by atoms with van der Waals surface area (Å²) >= 11 is 13.2. The summed E-state index contributed by atoms with van der Waals surface area (Å²) < 4.78 is 0. The molecule has 110 valence electrons. The van der Waals surface area contributed by atoms with Crippen LogP contribution in [0, 0.1) is 6.92 Å². The van der Waals surface area contributed by atoms with E-state index in [1.165, 1.54) is 6.92 Å². The lowest BCUT2D eigenvalue weighted by Crippen LogP contribution is -2.18. The van der Waals surface area contributed by atoms with Crippen molar-refractivity contribution in [3.05, 3.63) is 55.5 Å². The average molecular weight is 345 g/mol. The SMILES string of the molecule is Cc1[nH]c(=O)nc(SCc2c(Cl)cccc2Cl)c1C(=O)O. The van der Waals surface area contributed by atoms with Crippen LogP contribution in [-0.4, -0.2) is 21.0 Å². The molecule has 0 saturated heterocycles. The zero-order valence-corrected chi connectivity index (χ0v) is 13.1. The number of nitrogens with one attached hydrogen (secondary N) is 1. The number of H-pyrrole nitrogens is 1. The van der Waals surface area contributed by atoms with Crippen LogP contribution in [0.1, 0.15) is 21.6 Å². The van der Waals surface area contributed by atoms with Crippen molar-refractivity contribution < 1.29 is 9.90 Å². The van der Waals surface area contributed by atoms with Gasteiger partial charge in [-0.2, -0.15) is 4.98 Å². The number of carboxylic acid groups (broad SMARTS) is 1. The number of aromatic amines is 1. The van der Waals surface area contributed by atoms with Crippen molar-refractivity contribution in [3.8, 4) is 0 Å². The van der Waals surface area contributed by atoms with Crippen LogP contribution >= 0.6 is 35.0 Å². The van der Waals surface area contributed by atoms with Crippen molar-refractivity contribution in [2.24, 2.45) is 0 Å². The number of rotatable bonds is 4. The van der Waals surface area contributed by atoms with Crippen molar-refractivity contribution in [1.29, 1.82) is 0 Å². The van der Waals surface area contributed by atoms with Gasteiger partial charge in [0.1, 0.15) is 10.6 Å². The fourth-order valence-corrected chi connectivity index (χ4v) is 3.54. The van der Waals surface area contributed by atoms with Crippen molar-refractivity contribution in [2.75, 3.05) is 0 Å². The third kappa shape index (κ3) is 3.58. The van der Waals surface area contributed by atoms with Crippen LogP contribution < -0.4 is 5.69 Å². The maximum absolute atomic E-state index is 11.4. The first-order valence-corrected chi connectivity index (χ1v) is 7.54. The topological polar surface area (TPSA) is 83.0 Å². The first-order valence-electron chi connectivity index (χ1n) is 5.80. The van der Waals surface area contributed by atoms with Gasteiger partial charge in [0.05, 0.1) is 0 Å². The van der Waals surface area contributed by atoms with Crippen molar-refractivity contribution in [2.45, 2.75) is 17.7 Å². The molecule has 0 saturated carbocycles. The van der Waals surface area contributed by atoms with Crippen molar-refractivity contribution >= 4 is 40.9 Å². The van der Waals surface area contributed by atoms with Gasteiger partial charge in [0.2, 0.25) is 0 Å². The Morgan fingerprint density at radius 2 is 2.00 bits per heavy atom. The van der Waals surface area contributed by atoms with E-state index in [4.69, 9.17) is 23.2 Å². The highest BCUT2D eigenvalue weighted by molar-refractivity contribution is 7.98. The summed E-state index contributed by atoms with van der Waals surface area (Å²) in [6.45, 7) is 1.51. The number of benzene rings is 1. The summed E-state index contributed by atoms with van der Waals surface area (Å²) in [5.41, 5.74) is 0.310. The molecule has 0 atom stereocenters. The number of aryl methyl sites for hydroxylation is 1. The molecule has 0 aliphatic heterocycles. The van der Waals surface area contributed by atoms with E-state index in [1.807, 2.05) is 0 Å². The fraction of sp³-hybridized carbons (Fsp3) is 0.154. The standard InChI is InChI=1S/C13H10Cl2N2O3S/c1-6-10(12(18)19)11(17-13(20)16-6)21-5-7-8(14)3-2-4-9(7)15/h2-4H,5H2,1H3,(H,18,19)(H,16,17,20). The summed E-state index contributed by atoms with van der Waals surface area (Å²) in [6.07, 6.45) is 0. The predicted octanol–water partition coefficient (Wildman–Crippen LogP) is 3.38. The number of nitrogens with zero attached hydrogens (tertiary/aromatic N) is 1. The van der Waals surface area contributed by atoms with Crippen LogP contribution in [0.3, 0.4) is 0 Å². The van der Waals surface area contributed by atoms with E-state index in [2.05, 4.69) is 9.97 Å². The number of hydrogen-bond acceptors (Lipinski definition) is 4. The molecule has 0 fully saturated rings. The Hall–Kier alpha value is -1.50. The molecular formula is C13H10Cl2N2O3S. The van der Waals surface area contributed by atoms with Gasteiger partial charge in [-0.25, -0.2) is 9.59 Å². The highest BCUT2D eigenvalue weighted by Crippen LogP contribution is 2.32. The van der Waals surface area contributed by atoms with Gasteiger partial charge in [-0.05, 0) is 24.6 Å². The lowest BCUT2D eigenvalue weighted by atomic mass is 10.2. The minimum Gasteiger partial charge on any atom is -0.478 e. The quantitative estimate of drug-likeness (QED) is 0.656. The minimum atomic E-state index is -1.15. The van der Waals surface area contributed by atoms with Gasteiger partial charge >= 0.3 is 11.7 Å². The highest BCUT2D eigenvalue weighted by Gasteiger charge is 2.18. The van der Waals surface area contributed by atoms with Gasteiger partial charge in [0, 0.05) is 21.5 Å². The molecule has 1 aromatic heterocycles. The molecule has 8 heteroatoms. The molecule has 0 aliphatic carbocycles. The van der Waals surface area contributed by atoms with Gasteiger partial charge in [-0.3, -0.25) is 0 Å². The Bertz CT molecular complexity index is 741. The summed E-state index contributed by atoms with van der Waals surface area (Å²) in [7, 11) is 0. The Morgan fingerprint density at radius 1 is 1.38 bits per heavy atom. The largest absolute Gasteiger partial charge is 0.478 e. The number of hydrogen-bond donors (Lipinski definition) is 2. The van der Waals surface area contributed by atoms with E-state index in [0.717, 1.165) is 11.8 Å². The van der Waals surface area contributed by atoms with Crippen LogP contribution in [-0.2, 0) is 5.75 Å². The van der Waals surface area contributed by atoms with Crippen LogP contribution in [0.15, 0.2) is 28.0 Å². The summed E-state index contributed by atoms with van der Waals surface area (Å²) in [6, 6.07) is 5.10. The monoisotopic (exact) mass is 344 g/mol. The molecule has 5 nitrogen and oxygen atoms in total. The van der Waals surface area contributed by atoms with Crippen molar-refractivity contribution in [1.82, 2.24) is 9.97 Å². The second-order valence-corrected chi connectivity index (χ2v) is 5.92. The second-order valence-electron chi connectivity index (χ2n) is 4.14. The van der Waals surface area contributed by atoms with E-state index in [1.54, 1.807) is 18.2 Å². The Kier molecular flexibility index (Phi) is 4.92. The zero-order valence-electron chi connectivity index (χ0n) is 10.8. The van der Waals surface area contributed by atoms with Crippen LogP contribution in [0.25, 0.3) is 0 Å². The van der Waals surface area contributed by atoms with Gasteiger partial charge < -0.3 is 10.1 Å². The first kappa shape index (κ1) is 15.9. The first-order chi connectivity index (χ1) is 9.90. The Morgan fingerprint density at radius 3 is 2.57 bits per heavy atom. The van der Waals surface area contributed by atoms with Gasteiger partial charge in [-0.15, -0.1) is 11.8 Å². The van der Waals surface area contributed by atoms with E-state index in [9.17, 15) is 14.7 Å². The summed E-state index contributed by atoms with van der Waals surface area (Å²) in [5.74, 6) is -0.835. The Labute approximate surface area is 134 Å². The lowest BCUT2D eigenvalue weighted by molar-refractivity contribution is 0.0690. The molecule has 0 bridgehead atoms. The molecule has 0 spiro atoms. The molecule has 0 unspecified atom stereocenters. The fourth-order valence-electron chi connectivity index (χ4n) is 1.73. The third-order valence-corrected chi connectivity index (χ3v) is 4.43. The van der Waals surface area contributed by atoms with Crippen LogP contribution in [0.2, 0.25) is 10.0 Å². The van der Waals surface area contributed by atoms with Crippen LogP contribution in [0.4, 0.5) is 0 Å². The maximum Gasteiger partial charge on any atom is 0.346 e. The summed E-state index contributed by atoms with van der Waals surface area (Å²) in [5, 5.41) is 10.3. The van der Waals surface area contributed by atoms with E-state index in [-0.39, 0.29) is 16.3 Å². The Balaban J connectivity index is 2.36. The van der Waals surface area contributed by atoms with Gasteiger partial charge in [-0.1, -0.05) is 29.3 Å². The number of thioether (sulfide) groups is 1. The molecule has 1 aromatic carbocycles. The smallest absolute Gasteiger partial charge is 0.346 e. The molecule has 0 radical (unpaired) electrons. The molecule has 2 rings (SSSR count). The minimum absolute atomic E-state index is 0.0252. The molecule has 2 N–H and O–H groups in total. The molecule has 2 aromatic rings. The second kappa shape index (κ2) is 6.51. The molecular weight excluding hydrogens is 335 g/mol. The van der Waals surface area contributed by atoms with Gasteiger partial charge in [0.15, 0.2) is 0 Å². The number of aromatic carboxylic acids is 1. The summed E-state index contributed by atoms with van der Waals surface area (Å²) in [4.78, 5) is 28.8. The maximum atomic E-state index is 11.4. The molecule has 0 aliphatic rings. The number of halogens is 2. The van der Waals surface area contributed by atoms with E-state index in [0.29, 0.717) is 21.4 Å². The average Bonchev–Trinajstić information content (AvgIpc) is 2.36. The lowest BCUT2D eigenvalue weighted by Gasteiger charge is -2.09. The van der Waals surface area contributed by atoms with Crippen LogP contribution in [0.5, 0.6) is 0 Å². The molecule has 0 amide bonds. The number of aromatic nitrogens is 2. The molecule has 1 heterocycles. The molecule has 21 heavy (non-hydrogen) atoms. The number of carbonyl (C=O) groups is 1. The number of carboxylic acids is 1. The van der Waals surface area contributed by atoms with E-state index < -0.39 is 11.7 Å². The zero-order chi connectivity index (χ0) is 15.6. The predicted molar refractivity (Wildman–Crippen MR) is 82.6 cm³/mol. The highest BCUT2D eigenvalue weighted by atomic mass is 35.5. The normalized spacial score (nSPS) is 10.6.